The van der Waals surface area contributed by atoms with Crippen LogP contribution in [0, 0.1) is 0 Å². The van der Waals surface area contributed by atoms with Crippen LogP contribution in [-0.2, 0) is 19.5 Å². The van der Waals surface area contributed by atoms with Crippen LogP contribution >= 0.6 is 0 Å². The number of carboxylic acid groups (broad SMARTS) is 2. The molecule has 2 aromatic heterocycles. The van der Waals surface area contributed by atoms with Crippen molar-refractivity contribution in [1.82, 2.24) is 51.3 Å². The van der Waals surface area contributed by atoms with Gasteiger partial charge in [0.25, 0.3) is 0 Å². The van der Waals surface area contributed by atoms with Gasteiger partial charge in [-0.05, 0) is 51.3 Å². The van der Waals surface area contributed by atoms with Crippen molar-refractivity contribution in [3.8, 4) is 0 Å². The van der Waals surface area contributed by atoms with Crippen molar-refractivity contribution in [3.05, 3.63) is 0 Å². The molecule has 2 aromatic rings. The first-order chi connectivity index (χ1) is 7.61. The Bertz CT molecular complexity index is 406. The molecule has 0 amide bonds. The third kappa shape index (κ3) is 4.74. The van der Waals surface area contributed by atoms with Crippen molar-refractivity contribution < 1.29 is 39.3 Å². The van der Waals surface area contributed by atoms with E-state index in [4.69, 9.17) is 10.2 Å². The van der Waals surface area contributed by atoms with Crippen LogP contribution in [0.5, 0.6) is 0 Å². The van der Waals surface area contributed by atoms with Crippen molar-refractivity contribution in [1.29, 1.82) is 0 Å². The second-order valence-electron chi connectivity index (χ2n) is 1.86. The summed E-state index contributed by atoms with van der Waals surface area (Å²) in [5, 5.41) is 39.6. The topological polar surface area (TPSA) is 188 Å². The Morgan fingerprint density at radius 2 is 0.941 bits per heavy atom. The fraction of sp³-hybridized carbons (Fsp3) is 0. The van der Waals surface area contributed by atoms with E-state index in [0.717, 1.165) is 0 Å². The van der Waals surface area contributed by atoms with Gasteiger partial charge in [0, 0.05) is 19.5 Å². The molecule has 0 atom stereocenters. The Balaban J connectivity index is 0.000000284. The average molecular weight is 295 g/mol. The first-order valence-electron chi connectivity index (χ1n) is 3.30. The van der Waals surface area contributed by atoms with E-state index in [1.165, 1.54) is 0 Å². The number of carbonyl (C=O) groups is 2. The molecule has 0 spiro atoms. The third-order valence-electron chi connectivity index (χ3n) is 0.921. The van der Waals surface area contributed by atoms with Crippen LogP contribution in [-0.4, -0.2) is 73.7 Å². The van der Waals surface area contributed by atoms with Gasteiger partial charge in [-0.2, -0.15) is 0 Å². The van der Waals surface area contributed by atoms with Crippen molar-refractivity contribution in [2.75, 3.05) is 0 Å². The predicted molar refractivity (Wildman–Crippen MR) is 38.1 cm³/mol. The van der Waals surface area contributed by atoms with Crippen molar-refractivity contribution in [2.45, 2.75) is 0 Å². The predicted octanol–water partition coefficient (Wildman–Crippen LogP) is -2.81. The van der Waals surface area contributed by atoms with Gasteiger partial charge in [0.15, 0.2) is 0 Å². The smallest absolute Gasteiger partial charge is 0.452 e. The van der Waals surface area contributed by atoms with E-state index in [1.807, 2.05) is 0 Å². The van der Waals surface area contributed by atoms with Crippen molar-refractivity contribution >= 4 is 12.2 Å². The summed E-state index contributed by atoms with van der Waals surface area (Å²) < 4.78 is 0. The van der Waals surface area contributed by atoms with E-state index in [9.17, 15) is 9.59 Å². The second kappa shape index (κ2) is 6.94. The minimum Gasteiger partial charge on any atom is -0.462 e. The minimum atomic E-state index is -1.30. The molecule has 17 heavy (non-hydrogen) atoms. The number of hydrogen-bond acceptors (Lipinski definition) is 10. The Hall–Kier alpha value is -2.44. The molecule has 2 N–H and O–H groups in total. The Morgan fingerprint density at radius 1 is 0.706 bits per heavy atom. The summed E-state index contributed by atoms with van der Waals surface area (Å²) in [6.07, 6.45) is -2.59. The number of hydrogen-bond donors (Lipinski definition) is 2. The van der Waals surface area contributed by atoms with Gasteiger partial charge in [-0.25, -0.2) is 9.59 Å². The molecule has 0 bridgehead atoms. The molecule has 0 aliphatic rings. The number of aromatic nitrogens is 10. The molecule has 0 radical (unpaired) electrons. The van der Waals surface area contributed by atoms with Crippen LogP contribution in [0.15, 0.2) is 0 Å². The molecule has 2 rings (SSSR count). The Labute approximate surface area is 103 Å². The molecule has 15 heteroatoms. The maximum Gasteiger partial charge on any atom is 0.452 e. The molecular weight excluding hydrogens is 293 g/mol. The van der Waals surface area contributed by atoms with Gasteiger partial charge >= 0.3 is 12.2 Å². The van der Waals surface area contributed by atoms with Crippen molar-refractivity contribution in [2.24, 2.45) is 0 Å². The van der Waals surface area contributed by atoms with E-state index in [1.54, 1.807) is 0 Å². The summed E-state index contributed by atoms with van der Waals surface area (Å²) in [7, 11) is 0. The van der Waals surface area contributed by atoms with Crippen LogP contribution in [0.3, 0.4) is 0 Å². The molecule has 0 saturated heterocycles. The summed E-state index contributed by atoms with van der Waals surface area (Å²) in [5.74, 6) is 0. The maximum atomic E-state index is 9.82. The minimum absolute atomic E-state index is 0. The summed E-state index contributed by atoms with van der Waals surface area (Å²) in [5.41, 5.74) is 0. The standard InChI is InChI=1S/2CHN5O2.Zn/c2*7-1(8)6-4-2-3-5-6;/h2*(H,7,8);. The van der Waals surface area contributed by atoms with E-state index in [-0.39, 0.29) is 19.5 Å². The zero-order chi connectivity index (χ0) is 12.0. The first kappa shape index (κ1) is 14.6. The largest absolute Gasteiger partial charge is 0.462 e. The molecule has 0 aliphatic carbocycles. The zero-order valence-corrected chi connectivity index (χ0v) is 10.9. The van der Waals surface area contributed by atoms with Crippen LogP contribution < -0.4 is 0 Å². The Kier molecular flexibility index (Phi) is 5.95. The molecule has 0 unspecified atom stereocenters. The maximum absolute atomic E-state index is 9.82. The van der Waals surface area contributed by atoms with Gasteiger partial charge in [-0.1, -0.05) is 0 Å². The summed E-state index contributed by atoms with van der Waals surface area (Å²) in [6, 6.07) is 0. The first-order valence-corrected chi connectivity index (χ1v) is 3.30. The zero-order valence-electron chi connectivity index (χ0n) is 7.89. The molecule has 14 nitrogen and oxygen atoms in total. The second-order valence-corrected chi connectivity index (χ2v) is 1.86. The van der Waals surface area contributed by atoms with Crippen LogP contribution in [0.2, 0.25) is 0 Å². The summed E-state index contributed by atoms with van der Waals surface area (Å²) in [4.78, 5) is 20.4. The fourth-order valence-corrected chi connectivity index (χ4v) is 0.412. The molecule has 0 aromatic carbocycles. The molecule has 2 heterocycles. The van der Waals surface area contributed by atoms with Gasteiger partial charge in [0.2, 0.25) is 0 Å². The van der Waals surface area contributed by atoms with Crippen LogP contribution in [0.25, 0.3) is 0 Å². The molecule has 0 saturated carbocycles. The molecule has 0 aliphatic heterocycles. The van der Waals surface area contributed by atoms with Crippen LogP contribution in [0.1, 0.15) is 0 Å². The SMILES string of the molecule is O=C(O)n1nnnn1.O=C(O)n1nnnn1.[Zn]. The normalized spacial score (nSPS) is 8.47. The molecule has 0 fully saturated rings. The third-order valence-corrected chi connectivity index (χ3v) is 0.921. The van der Waals surface area contributed by atoms with E-state index in [0.29, 0.717) is 9.59 Å². The van der Waals surface area contributed by atoms with Gasteiger partial charge in [-0.15, -0.1) is 0 Å². The monoisotopic (exact) mass is 294 g/mol. The van der Waals surface area contributed by atoms with Crippen LogP contribution in [0.4, 0.5) is 9.59 Å². The molecular formula is C2H2N10O4Zn. The molecule has 86 valence electrons. The van der Waals surface area contributed by atoms with E-state index < -0.39 is 12.2 Å². The quantitative estimate of drug-likeness (QED) is 0.475. The van der Waals surface area contributed by atoms with E-state index in [2.05, 4.69) is 41.7 Å². The van der Waals surface area contributed by atoms with E-state index >= 15 is 0 Å². The average Bonchev–Trinajstić information content (AvgIpc) is 2.93. The fourth-order valence-electron chi connectivity index (χ4n) is 0.412. The summed E-state index contributed by atoms with van der Waals surface area (Å²) >= 11 is 0. The van der Waals surface area contributed by atoms with Gasteiger partial charge in [0.05, 0.1) is 0 Å². The van der Waals surface area contributed by atoms with Crippen molar-refractivity contribution in [3.63, 3.8) is 0 Å². The van der Waals surface area contributed by atoms with Gasteiger partial charge < -0.3 is 10.2 Å². The Morgan fingerprint density at radius 3 is 1.06 bits per heavy atom. The van der Waals surface area contributed by atoms with Gasteiger partial charge in [0.1, 0.15) is 0 Å². The summed E-state index contributed by atoms with van der Waals surface area (Å²) in [6.45, 7) is 0. The number of rotatable bonds is 0. The van der Waals surface area contributed by atoms with Gasteiger partial charge in [-0.3, -0.25) is 0 Å². The number of nitrogens with zero attached hydrogens (tertiary/aromatic N) is 10.